The van der Waals surface area contributed by atoms with E-state index in [0.29, 0.717) is 11.3 Å². The van der Waals surface area contributed by atoms with E-state index in [0.717, 1.165) is 10.0 Å². The van der Waals surface area contributed by atoms with Gasteiger partial charge in [-0.2, -0.15) is 0 Å². The lowest BCUT2D eigenvalue weighted by Gasteiger charge is -2.18. The summed E-state index contributed by atoms with van der Waals surface area (Å²) in [4.78, 5) is 35.0. The number of primary amides is 1. The molecule has 4 N–H and O–H groups in total. The van der Waals surface area contributed by atoms with Gasteiger partial charge in [0, 0.05) is 10.2 Å². The molecule has 0 aromatic heterocycles. The standard InChI is InChI=1S/C18H18BrN3O4/c1-26-17(24)11-5-7-14(8-6-11)21-16(23)10-15(22-18(20)25)12-3-2-4-13(19)9-12/h2-9,15H,10H2,1H3,(H,21,23)(H3,20,22,25). The minimum Gasteiger partial charge on any atom is -0.465 e. The van der Waals surface area contributed by atoms with Crippen molar-refractivity contribution in [3.63, 3.8) is 0 Å². The summed E-state index contributed by atoms with van der Waals surface area (Å²) in [6.45, 7) is 0. The van der Waals surface area contributed by atoms with Crippen LogP contribution in [-0.4, -0.2) is 25.0 Å². The first kappa shape index (κ1) is 19.5. The first-order valence-corrected chi connectivity index (χ1v) is 8.48. The molecule has 136 valence electrons. The predicted molar refractivity (Wildman–Crippen MR) is 101 cm³/mol. The second-order valence-electron chi connectivity index (χ2n) is 5.44. The van der Waals surface area contributed by atoms with Gasteiger partial charge in [-0.3, -0.25) is 4.79 Å². The summed E-state index contributed by atoms with van der Waals surface area (Å²) < 4.78 is 5.45. The van der Waals surface area contributed by atoms with Crippen LogP contribution in [0, 0.1) is 0 Å². The fourth-order valence-electron chi connectivity index (χ4n) is 2.35. The third-order valence-electron chi connectivity index (χ3n) is 3.55. The van der Waals surface area contributed by atoms with Gasteiger partial charge in [0.25, 0.3) is 0 Å². The number of urea groups is 1. The summed E-state index contributed by atoms with van der Waals surface area (Å²) in [5.74, 6) is -0.766. The van der Waals surface area contributed by atoms with Crippen molar-refractivity contribution in [1.29, 1.82) is 0 Å². The Labute approximate surface area is 159 Å². The van der Waals surface area contributed by atoms with Crippen molar-refractivity contribution in [1.82, 2.24) is 5.32 Å². The number of benzene rings is 2. The highest BCUT2D eigenvalue weighted by Crippen LogP contribution is 2.22. The number of anilines is 1. The third-order valence-corrected chi connectivity index (χ3v) is 4.04. The minimum atomic E-state index is -0.717. The van der Waals surface area contributed by atoms with E-state index < -0.39 is 18.0 Å². The first-order valence-electron chi connectivity index (χ1n) is 7.68. The van der Waals surface area contributed by atoms with E-state index >= 15 is 0 Å². The van der Waals surface area contributed by atoms with Gasteiger partial charge in [-0.1, -0.05) is 28.1 Å². The summed E-state index contributed by atoms with van der Waals surface area (Å²) in [6.07, 6.45) is -0.00184. The van der Waals surface area contributed by atoms with Gasteiger partial charge in [0.15, 0.2) is 0 Å². The molecule has 0 saturated heterocycles. The van der Waals surface area contributed by atoms with E-state index in [2.05, 4.69) is 31.3 Å². The molecule has 3 amide bonds. The number of amides is 3. The Bertz CT molecular complexity index is 808. The van der Waals surface area contributed by atoms with E-state index in [9.17, 15) is 14.4 Å². The number of nitrogens with two attached hydrogens (primary N) is 1. The van der Waals surface area contributed by atoms with Gasteiger partial charge in [-0.05, 0) is 42.0 Å². The lowest BCUT2D eigenvalue weighted by atomic mass is 10.0. The molecule has 1 atom stereocenters. The molecular weight excluding hydrogens is 402 g/mol. The van der Waals surface area contributed by atoms with Crippen molar-refractivity contribution >= 4 is 39.5 Å². The molecule has 0 saturated carbocycles. The average Bonchev–Trinajstić information content (AvgIpc) is 2.60. The smallest absolute Gasteiger partial charge is 0.337 e. The van der Waals surface area contributed by atoms with Crippen LogP contribution in [0.3, 0.4) is 0 Å². The number of hydrogen-bond acceptors (Lipinski definition) is 4. The molecule has 0 aliphatic heterocycles. The van der Waals surface area contributed by atoms with Gasteiger partial charge in [0.05, 0.1) is 25.1 Å². The fourth-order valence-corrected chi connectivity index (χ4v) is 2.77. The van der Waals surface area contributed by atoms with Crippen LogP contribution >= 0.6 is 15.9 Å². The maximum Gasteiger partial charge on any atom is 0.337 e. The van der Waals surface area contributed by atoms with Crippen LogP contribution in [0.4, 0.5) is 10.5 Å². The summed E-state index contributed by atoms with van der Waals surface area (Å²) in [5, 5.41) is 5.29. The molecule has 2 aromatic rings. The quantitative estimate of drug-likeness (QED) is 0.624. The Hall–Kier alpha value is -2.87. The highest BCUT2D eigenvalue weighted by molar-refractivity contribution is 9.10. The molecule has 7 nitrogen and oxygen atoms in total. The number of methoxy groups -OCH3 is 1. The zero-order chi connectivity index (χ0) is 19.1. The van der Waals surface area contributed by atoms with Gasteiger partial charge < -0.3 is 21.1 Å². The van der Waals surface area contributed by atoms with Gasteiger partial charge in [-0.25, -0.2) is 9.59 Å². The molecular formula is C18H18BrN3O4. The lowest BCUT2D eigenvalue weighted by molar-refractivity contribution is -0.116. The SMILES string of the molecule is COC(=O)c1ccc(NC(=O)CC(NC(N)=O)c2cccc(Br)c2)cc1. The highest BCUT2D eigenvalue weighted by atomic mass is 79.9. The predicted octanol–water partition coefficient (Wildman–Crippen LogP) is 2.97. The molecule has 26 heavy (non-hydrogen) atoms. The van der Waals surface area contributed by atoms with Gasteiger partial charge >= 0.3 is 12.0 Å². The number of halogens is 1. The molecule has 0 fully saturated rings. The molecule has 0 spiro atoms. The molecule has 1 unspecified atom stereocenters. The van der Waals surface area contributed by atoms with Crippen LogP contribution in [-0.2, 0) is 9.53 Å². The van der Waals surface area contributed by atoms with Crippen LogP contribution < -0.4 is 16.4 Å². The Kier molecular flexibility index (Phi) is 6.74. The Morgan fingerprint density at radius 3 is 2.42 bits per heavy atom. The topological polar surface area (TPSA) is 111 Å². The number of nitrogens with one attached hydrogen (secondary N) is 2. The van der Waals surface area contributed by atoms with Gasteiger partial charge in [0.1, 0.15) is 0 Å². The maximum atomic E-state index is 12.3. The molecule has 2 rings (SSSR count). The number of esters is 1. The highest BCUT2D eigenvalue weighted by Gasteiger charge is 2.18. The summed E-state index contributed by atoms with van der Waals surface area (Å²) in [7, 11) is 1.30. The van der Waals surface area contributed by atoms with E-state index in [-0.39, 0.29) is 12.3 Å². The number of carbonyl (C=O) groups excluding carboxylic acids is 3. The Morgan fingerprint density at radius 2 is 1.85 bits per heavy atom. The molecule has 0 aliphatic rings. The van der Waals surface area contributed by atoms with Crippen molar-refractivity contribution in [2.45, 2.75) is 12.5 Å². The molecule has 2 aromatic carbocycles. The third kappa shape index (κ3) is 5.59. The van der Waals surface area contributed by atoms with Crippen LogP contribution in [0.25, 0.3) is 0 Å². The first-order chi connectivity index (χ1) is 12.4. The van der Waals surface area contributed by atoms with Gasteiger partial charge in [0.2, 0.25) is 5.91 Å². The van der Waals surface area contributed by atoms with Crippen molar-refractivity contribution in [2.75, 3.05) is 12.4 Å². The summed E-state index contributed by atoms with van der Waals surface area (Å²) in [5.41, 5.74) is 6.87. The minimum absolute atomic E-state index is 0.00184. The second kappa shape index (κ2) is 9.00. The Balaban J connectivity index is 2.07. The zero-order valence-corrected chi connectivity index (χ0v) is 15.6. The van der Waals surface area contributed by atoms with Gasteiger partial charge in [-0.15, -0.1) is 0 Å². The second-order valence-corrected chi connectivity index (χ2v) is 6.35. The fraction of sp³-hybridized carbons (Fsp3) is 0.167. The van der Waals surface area contributed by atoms with Crippen molar-refractivity contribution in [3.8, 4) is 0 Å². The van der Waals surface area contributed by atoms with Crippen LogP contribution in [0.15, 0.2) is 53.0 Å². The molecule has 8 heteroatoms. The van der Waals surface area contributed by atoms with Crippen molar-refractivity contribution in [2.24, 2.45) is 5.73 Å². The van der Waals surface area contributed by atoms with Crippen LogP contribution in [0.2, 0.25) is 0 Å². The van der Waals surface area contributed by atoms with E-state index in [1.807, 2.05) is 6.07 Å². The Morgan fingerprint density at radius 1 is 1.15 bits per heavy atom. The maximum absolute atomic E-state index is 12.3. The van der Waals surface area contributed by atoms with E-state index in [1.165, 1.54) is 7.11 Å². The molecule has 0 aliphatic carbocycles. The van der Waals surface area contributed by atoms with E-state index in [1.54, 1.807) is 42.5 Å². The van der Waals surface area contributed by atoms with Crippen molar-refractivity contribution < 1.29 is 19.1 Å². The molecule has 0 radical (unpaired) electrons. The van der Waals surface area contributed by atoms with E-state index in [4.69, 9.17) is 5.73 Å². The normalized spacial score (nSPS) is 11.3. The lowest BCUT2D eigenvalue weighted by Crippen LogP contribution is -2.35. The molecule has 0 bridgehead atoms. The summed E-state index contributed by atoms with van der Waals surface area (Å²) in [6, 6.07) is 12.3. The zero-order valence-electron chi connectivity index (χ0n) is 14.0. The largest absolute Gasteiger partial charge is 0.465 e. The monoisotopic (exact) mass is 419 g/mol. The average molecular weight is 420 g/mol. The van der Waals surface area contributed by atoms with Crippen LogP contribution in [0.1, 0.15) is 28.4 Å². The number of rotatable bonds is 6. The number of ether oxygens (including phenoxy) is 1. The number of carbonyl (C=O) groups is 3. The van der Waals surface area contributed by atoms with Crippen LogP contribution in [0.5, 0.6) is 0 Å². The van der Waals surface area contributed by atoms with Crippen molar-refractivity contribution in [3.05, 3.63) is 64.1 Å². The summed E-state index contributed by atoms with van der Waals surface area (Å²) >= 11 is 3.36. The molecule has 0 heterocycles. The number of hydrogen-bond donors (Lipinski definition) is 3.